The first kappa shape index (κ1) is 26.4. The molecule has 0 heterocycles. The fourth-order valence-electron chi connectivity index (χ4n) is 3.28. The van der Waals surface area contributed by atoms with Crippen LogP contribution in [0.15, 0.2) is 46.6 Å². The summed E-state index contributed by atoms with van der Waals surface area (Å²) in [5.74, 6) is -1.45. The zero-order chi connectivity index (χ0) is 23.6. The number of aliphatic hydroxyl groups excluding tert-OH is 1. The van der Waals surface area contributed by atoms with Crippen molar-refractivity contribution in [2.24, 2.45) is 5.92 Å². The summed E-state index contributed by atoms with van der Waals surface area (Å²) in [5.41, 5.74) is 2.37. The average Bonchev–Trinajstić information content (AvgIpc) is 2.70. The van der Waals surface area contributed by atoms with Crippen molar-refractivity contribution < 1.29 is 33.7 Å². The van der Waals surface area contributed by atoms with E-state index in [1.165, 1.54) is 21.1 Å². The molecular formula is C24H34O7. The lowest BCUT2D eigenvalue weighted by molar-refractivity contribution is -0.144. The Kier molecular flexibility index (Phi) is 11.0. The van der Waals surface area contributed by atoms with Gasteiger partial charge in [-0.15, -0.1) is 0 Å². The summed E-state index contributed by atoms with van der Waals surface area (Å²) in [7, 11) is 2.54. The maximum atomic E-state index is 12.3. The molecule has 1 rings (SSSR count). The van der Waals surface area contributed by atoms with Gasteiger partial charge < -0.3 is 19.3 Å². The van der Waals surface area contributed by atoms with E-state index in [9.17, 15) is 19.5 Å². The molecule has 0 unspecified atom stereocenters. The fourth-order valence-corrected chi connectivity index (χ4v) is 3.28. The summed E-state index contributed by atoms with van der Waals surface area (Å²) in [5, 5.41) is 10.7. The number of aliphatic hydroxyl groups is 1. The van der Waals surface area contributed by atoms with E-state index in [0.717, 1.165) is 11.1 Å². The van der Waals surface area contributed by atoms with Crippen LogP contribution in [-0.4, -0.2) is 49.4 Å². The van der Waals surface area contributed by atoms with E-state index >= 15 is 0 Å². The van der Waals surface area contributed by atoms with Crippen LogP contribution in [0.5, 0.6) is 0 Å². The minimum Gasteiger partial charge on any atom is -0.466 e. The Morgan fingerprint density at radius 2 is 1.71 bits per heavy atom. The number of hydrogen-bond acceptors (Lipinski definition) is 7. The second-order valence-corrected chi connectivity index (χ2v) is 7.85. The molecule has 0 radical (unpaired) electrons. The fraction of sp³-hybridized carbons (Fsp3) is 0.542. The van der Waals surface area contributed by atoms with Crippen molar-refractivity contribution in [3.63, 3.8) is 0 Å². The van der Waals surface area contributed by atoms with Gasteiger partial charge in [0.15, 0.2) is 0 Å². The Bertz CT molecular complexity index is 784. The molecule has 0 bridgehead atoms. The lowest BCUT2D eigenvalue weighted by atomic mass is 9.92. The SMILES string of the molecule is COC(=O)/C1=C\[C@H](OC(C)=O)C/C(C)=C/C=C(/C(C)C)C[C@H](O)/C(C(=O)OC)=C\CC1. The van der Waals surface area contributed by atoms with Crippen LogP contribution < -0.4 is 0 Å². The third-order valence-corrected chi connectivity index (χ3v) is 4.99. The number of hydrogen-bond donors (Lipinski definition) is 1. The van der Waals surface area contributed by atoms with Gasteiger partial charge in [-0.05, 0) is 38.2 Å². The van der Waals surface area contributed by atoms with Gasteiger partial charge >= 0.3 is 17.9 Å². The Balaban J connectivity index is 3.50. The van der Waals surface area contributed by atoms with Crippen LogP contribution >= 0.6 is 0 Å². The summed E-state index contributed by atoms with van der Waals surface area (Å²) >= 11 is 0. The molecule has 1 aliphatic rings. The highest BCUT2D eigenvalue weighted by molar-refractivity contribution is 5.90. The quantitative estimate of drug-likeness (QED) is 0.533. The molecule has 1 aliphatic carbocycles. The van der Waals surface area contributed by atoms with Gasteiger partial charge in [0.05, 0.1) is 25.9 Å². The lowest BCUT2D eigenvalue weighted by Gasteiger charge is -2.19. The Labute approximate surface area is 184 Å². The van der Waals surface area contributed by atoms with Crippen LogP contribution in [0.3, 0.4) is 0 Å². The minimum atomic E-state index is -1.03. The largest absolute Gasteiger partial charge is 0.466 e. The third-order valence-electron chi connectivity index (χ3n) is 4.99. The first-order valence-electron chi connectivity index (χ1n) is 10.4. The highest BCUT2D eigenvalue weighted by atomic mass is 16.5. The van der Waals surface area contributed by atoms with E-state index in [1.807, 2.05) is 32.9 Å². The van der Waals surface area contributed by atoms with Crippen LogP contribution in [-0.2, 0) is 28.6 Å². The topological polar surface area (TPSA) is 99.1 Å². The van der Waals surface area contributed by atoms with E-state index in [-0.39, 0.29) is 24.3 Å². The molecule has 0 spiro atoms. The molecule has 0 aromatic heterocycles. The van der Waals surface area contributed by atoms with Gasteiger partial charge in [0.1, 0.15) is 6.10 Å². The van der Waals surface area contributed by atoms with E-state index in [2.05, 4.69) is 0 Å². The maximum absolute atomic E-state index is 12.3. The number of esters is 3. The number of carbonyl (C=O) groups excluding carboxylic acids is 3. The Morgan fingerprint density at radius 1 is 1.06 bits per heavy atom. The van der Waals surface area contributed by atoms with Gasteiger partial charge in [-0.2, -0.15) is 0 Å². The second-order valence-electron chi connectivity index (χ2n) is 7.85. The molecule has 172 valence electrons. The highest BCUT2D eigenvalue weighted by Crippen LogP contribution is 2.24. The van der Waals surface area contributed by atoms with Crippen LogP contribution in [0.1, 0.15) is 53.4 Å². The second kappa shape index (κ2) is 12.9. The van der Waals surface area contributed by atoms with Crippen LogP contribution in [0.25, 0.3) is 0 Å². The van der Waals surface area contributed by atoms with Crippen molar-refractivity contribution in [1.82, 2.24) is 0 Å². The van der Waals surface area contributed by atoms with Crippen molar-refractivity contribution in [3.8, 4) is 0 Å². The van der Waals surface area contributed by atoms with Gasteiger partial charge in [-0.3, -0.25) is 4.79 Å². The molecule has 31 heavy (non-hydrogen) atoms. The van der Waals surface area contributed by atoms with E-state index in [1.54, 1.807) is 12.2 Å². The molecule has 0 amide bonds. The Morgan fingerprint density at radius 3 is 2.26 bits per heavy atom. The number of methoxy groups -OCH3 is 2. The summed E-state index contributed by atoms with van der Waals surface area (Å²) in [4.78, 5) is 36.1. The summed E-state index contributed by atoms with van der Waals surface area (Å²) in [6.07, 6.45) is 6.55. The highest BCUT2D eigenvalue weighted by Gasteiger charge is 2.22. The summed E-state index contributed by atoms with van der Waals surface area (Å²) < 4.78 is 15.1. The lowest BCUT2D eigenvalue weighted by Crippen LogP contribution is -2.21. The van der Waals surface area contributed by atoms with Crippen molar-refractivity contribution in [1.29, 1.82) is 0 Å². The number of rotatable bonds is 4. The van der Waals surface area contributed by atoms with E-state index in [4.69, 9.17) is 14.2 Å². The third kappa shape index (κ3) is 8.92. The average molecular weight is 435 g/mol. The van der Waals surface area contributed by atoms with Crippen molar-refractivity contribution in [2.45, 2.75) is 65.6 Å². The molecule has 1 N–H and O–H groups in total. The van der Waals surface area contributed by atoms with Gasteiger partial charge in [0.2, 0.25) is 0 Å². The minimum absolute atomic E-state index is 0.146. The van der Waals surface area contributed by atoms with Crippen molar-refractivity contribution in [2.75, 3.05) is 14.2 Å². The number of allylic oxidation sites excluding steroid dienone is 3. The molecule has 0 aliphatic heterocycles. The molecule has 7 heteroatoms. The molecule has 0 aromatic carbocycles. The summed E-state index contributed by atoms with van der Waals surface area (Å²) in [6, 6.07) is 0. The number of ether oxygens (including phenoxy) is 3. The molecule has 0 fully saturated rings. The van der Waals surface area contributed by atoms with Gasteiger partial charge in [-0.25, -0.2) is 9.59 Å². The first-order valence-corrected chi connectivity index (χ1v) is 10.4. The van der Waals surface area contributed by atoms with Gasteiger partial charge in [-0.1, -0.05) is 43.2 Å². The number of carbonyl (C=O) groups is 3. The molecule has 7 nitrogen and oxygen atoms in total. The predicted molar refractivity (Wildman–Crippen MR) is 117 cm³/mol. The smallest absolute Gasteiger partial charge is 0.336 e. The molecule has 2 atom stereocenters. The Hall–Kier alpha value is -2.67. The van der Waals surface area contributed by atoms with E-state index in [0.29, 0.717) is 18.4 Å². The van der Waals surface area contributed by atoms with Crippen LogP contribution in [0.2, 0.25) is 0 Å². The van der Waals surface area contributed by atoms with Crippen molar-refractivity contribution in [3.05, 3.63) is 46.6 Å². The van der Waals surface area contributed by atoms with E-state index < -0.39 is 30.1 Å². The molecule has 0 saturated heterocycles. The molecule has 0 saturated carbocycles. The van der Waals surface area contributed by atoms with Crippen LogP contribution in [0.4, 0.5) is 0 Å². The van der Waals surface area contributed by atoms with Crippen molar-refractivity contribution >= 4 is 17.9 Å². The van der Waals surface area contributed by atoms with Crippen LogP contribution in [0, 0.1) is 5.92 Å². The molecular weight excluding hydrogens is 400 g/mol. The van der Waals surface area contributed by atoms with Gasteiger partial charge in [0.25, 0.3) is 0 Å². The monoisotopic (exact) mass is 434 g/mol. The molecule has 0 aromatic rings. The normalized spacial score (nSPS) is 27.7. The zero-order valence-corrected chi connectivity index (χ0v) is 19.3. The summed E-state index contributed by atoms with van der Waals surface area (Å²) in [6.45, 7) is 7.25. The standard InChI is InChI=1S/C24H34O7/c1-15(2)18-11-10-16(3)12-20(31-17(4)25)13-19(23(27)29-5)8-7-9-21(22(26)14-18)24(28)30-6/h9-11,13,15,20,22,26H,7-8,12,14H2,1-6H3/b16-10+,18-11+,19-13-,21-9+/t20-,22+/m1/s1. The first-order chi connectivity index (χ1) is 14.6. The zero-order valence-electron chi connectivity index (χ0n) is 19.3. The maximum Gasteiger partial charge on any atom is 0.336 e. The predicted octanol–water partition coefficient (Wildman–Crippen LogP) is 3.58. The van der Waals surface area contributed by atoms with Gasteiger partial charge in [0, 0.05) is 18.9 Å².